The SMILES string of the molecule is COC(=O)/C=C(/SC(=N)NC(=O)c1ccncc1C)c1cccc(F)c1. The highest BCUT2D eigenvalue weighted by molar-refractivity contribution is 8.21. The first-order valence-electron chi connectivity index (χ1n) is 7.44. The van der Waals surface area contributed by atoms with E-state index < -0.39 is 17.7 Å². The van der Waals surface area contributed by atoms with Crippen LogP contribution < -0.4 is 5.32 Å². The third-order valence-corrected chi connectivity index (χ3v) is 4.14. The van der Waals surface area contributed by atoms with Crippen molar-refractivity contribution in [3.63, 3.8) is 0 Å². The number of halogens is 1. The lowest BCUT2D eigenvalue weighted by molar-refractivity contribution is -0.134. The fourth-order valence-corrected chi connectivity index (χ4v) is 2.78. The highest BCUT2D eigenvalue weighted by atomic mass is 32.2. The van der Waals surface area contributed by atoms with Gasteiger partial charge in [-0.3, -0.25) is 15.2 Å². The Morgan fingerprint density at radius 2 is 2.12 bits per heavy atom. The molecule has 0 radical (unpaired) electrons. The number of rotatable bonds is 4. The number of aryl methyl sites for hydroxylation is 1. The van der Waals surface area contributed by atoms with Crippen molar-refractivity contribution in [3.05, 3.63) is 71.3 Å². The van der Waals surface area contributed by atoms with Gasteiger partial charge in [-0.15, -0.1) is 0 Å². The lowest BCUT2D eigenvalue weighted by Crippen LogP contribution is -2.28. The van der Waals surface area contributed by atoms with E-state index in [0.717, 1.165) is 17.8 Å². The highest BCUT2D eigenvalue weighted by Crippen LogP contribution is 2.28. The summed E-state index contributed by atoms with van der Waals surface area (Å²) in [5.41, 5.74) is 1.44. The number of aromatic nitrogens is 1. The van der Waals surface area contributed by atoms with Crippen LogP contribution in [0.3, 0.4) is 0 Å². The monoisotopic (exact) mass is 373 g/mol. The number of amidine groups is 1. The van der Waals surface area contributed by atoms with E-state index in [2.05, 4.69) is 15.0 Å². The van der Waals surface area contributed by atoms with Crippen LogP contribution in [-0.4, -0.2) is 29.1 Å². The van der Waals surface area contributed by atoms with Crippen LogP contribution in [0.2, 0.25) is 0 Å². The van der Waals surface area contributed by atoms with Crippen molar-refractivity contribution in [2.24, 2.45) is 0 Å². The van der Waals surface area contributed by atoms with Gasteiger partial charge in [0.15, 0.2) is 5.17 Å². The Labute approximate surface area is 154 Å². The fraction of sp³-hybridized carbons (Fsp3) is 0.111. The van der Waals surface area contributed by atoms with E-state index in [1.54, 1.807) is 25.3 Å². The average Bonchev–Trinajstić information content (AvgIpc) is 2.61. The van der Waals surface area contributed by atoms with Crippen LogP contribution >= 0.6 is 11.8 Å². The smallest absolute Gasteiger partial charge is 0.331 e. The van der Waals surface area contributed by atoms with Gasteiger partial charge >= 0.3 is 5.97 Å². The third-order valence-electron chi connectivity index (χ3n) is 3.26. The number of methoxy groups -OCH3 is 1. The van der Waals surface area contributed by atoms with Crippen molar-refractivity contribution >= 4 is 33.7 Å². The second-order valence-electron chi connectivity index (χ2n) is 5.12. The Kier molecular flexibility index (Phi) is 6.62. The maximum atomic E-state index is 13.5. The van der Waals surface area contributed by atoms with Crippen LogP contribution in [0, 0.1) is 18.2 Å². The molecule has 1 amide bonds. The molecule has 2 aromatic rings. The highest BCUT2D eigenvalue weighted by Gasteiger charge is 2.14. The molecule has 0 aliphatic carbocycles. The van der Waals surface area contributed by atoms with E-state index in [9.17, 15) is 14.0 Å². The van der Waals surface area contributed by atoms with Gasteiger partial charge in [0.2, 0.25) is 0 Å². The number of amides is 1. The molecule has 1 aromatic carbocycles. The summed E-state index contributed by atoms with van der Waals surface area (Å²) in [6.45, 7) is 1.73. The molecule has 134 valence electrons. The molecule has 8 heteroatoms. The van der Waals surface area contributed by atoms with Crippen molar-refractivity contribution in [1.82, 2.24) is 10.3 Å². The van der Waals surface area contributed by atoms with Gasteiger partial charge in [0.05, 0.1) is 7.11 Å². The van der Waals surface area contributed by atoms with E-state index in [0.29, 0.717) is 16.7 Å². The third kappa shape index (κ3) is 5.25. The normalized spacial score (nSPS) is 11.0. The van der Waals surface area contributed by atoms with Gasteiger partial charge in [-0.2, -0.15) is 0 Å². The van der Waals surface area contributed by atoms with E-state index in [4.69, 9.17) is 5.41 Å². The maximum absolute atomic E-state index is 13.5. The van der Waals surface area contributed by atoms with Crippen LogP contribution in [0.25, 0.3) is 4.91 Å². The molecule has 6 nitrogen and oxygen atoms in total. The summed E-state index contributed by atoms with van der Waals surface area (Å²) < 4.78 is 18.1. The maximum Gasteiger partial charge on any atom is 0.331 e. The van der Waals surface area contributed by atoms with E-state index in [1.807, 2.05) is 0 Å². The molecule has 1 heterocycles. The Morgan fingerprint density at radius 3 is 2.77 bits per heavy atom. The van der Waals surface area contributed by atoms with Crippen molar-refractivity contribution in [1.29, 1.82) is 5.41 Å². The standard InChI is InChI=1S/C18H16FN3O3S/c1-11-10-21-7-6-14(11)17(24)22-18(20)26-15(9-16(23)25-2)12-4-3-5-13(19)8-12/h3-10H,1-2H3,(H2,20,22,24)/b15-9+. The first-order valence-corrected chi connectivity index (χ1v) is 8.26. The first kappa shape index (κ1) is 19.3. The molecule has 1 aromatic heterocycles. The second-order valence-corrected chi connectivity index (χ2v) is 6.17. The predicted octanol–water partition coefficient (Wildman–Crippen LogP) is 3.14. The molecule has 0 unspecified atom stereocenters. The number of ether oxygens (including phenoxy) is 1. The minimum atomic E-state index is -0.652. The Morgan fingerprint density at radius 1 is 1.35 bits per heavy atom. The molecule has 0 spiro atoms. The zero-order valence-corrected chi connectivity index (χ0v) is 14.9. The van der Waals surface area contributed by atoms with E-state index >= 15 is 0 Å². The summed E-state index contributed by atoms with van der Waals surface area (Å²) >= 11 is 0.808. The van der Waals surface area contributed by atoms with Crippen molar-refractivity contribution in [2.45, 2.75) is 6.92 Å². The number of hydrogen-bond acceptors (Lipinski definition) is 6. The lowest BCUT2D eigenvalue weighted by Gasteiger charge is -2.11. The van der Waals surface area contributed by atoms with Gasteiger partial charge in [0, 0.05) is 28.9 Å². The molecule has 2 rings (SSSR count). The quantitative estimate of drug-likeness (QED) is 0.372. The Bertz CT molecular complexity index is 883. The first-order chi connectivity index (χ1) is 12.4. The molecule has 0 saturated carbocycles. The molecule has 26 heavy (non-hydrogen) atoms. The number of nitrogens with one attached hydrogen (secondary N) is 2. The number of esters is 1. The van der Waals surface area contributed by atoms with Crippen LogP contribution in [0.4, 0.5) is 4.39 Å². The minimum absolute atomic E-state index is 0.217. The number of carbonyl (C=O) groups excluding carboxylic acids is 2. The van der Waals surface area contributed by atoms with Crippen LogP contribution in [0.5, 0.6) is 0 Å². The van der Waals surface area contributed by atoms with Crippen molar-refractivity contribution in [3.8, 4) is 0 Å². The summed E-state index contributed by atoms with van der Waals surface area (Å²) in [6, 6.07) is 7.11. The van der Waals surface area contributed by atoms with Gasteiger partial charge in [0.1, 0.15) is 5.82 Å². The Hall–Kier alpha value is -3.00. The van der Waals surface area contributed by atoms with E-state index in [-0.39, 0.29) is 10.1 Å². The summed E-state index contributed by atoms with van der Waals surface area (Å²) in [5, 5.41) is 10.2. The molecule has 0 bridgehead atoms. The van der Waals surface area contributed by atoms with Crippen LogP contribution in [0.15, 0.2) is 48.8 Å². The van der Waals surface area contributed by atoms with Gasteiger partial charge in [0.25, 0.3) is 5.91 Å². The largest absolute Gasteiger partial charge is 0.466 e. The van der Waals surface area contributed by atoms with Crippen molar-refractivity contribution < 1.29 is 18.7 Å². The number of thioether (sulfide) groups is 1. The Balaban J connectivity index is 2.19. The number of pyridine rings is 1. The van der Waals surface area contributed by atoms with E-state index in [1.165, 1.54) is 31.5 Å². The van der Waals surface area contributed by atoms with Gasteiger partial charge < -0.3 is 10.1 Å². The number of benzene rings is 1. The molecule has 0 aliphatic heterocycles. The summed E-state index contributed by atoms with van der Waals surface area (Å²) in [4.78, 5) is 28.0. The predicted molar refractivity (Wildman–Crippen MR) is 98.2 cm³/mol. The number of nitrogens with zero attached hydrogens (tertiary/aromatic N) is 1. The molecule has 0 aliphatic rings. The van der Waals surface area contributed by atoms with Crippen molar-refractivity contribution in [2.75, 3.05) is 7.11 Å². The zero-order chi connectivity index (χ0) is 19.1. The summed E-state index contributed by atoms with van der Waals surface area (Å²) in [6.07, 6.45) is 4.16. The fourth-order valence-electron chi connectivity index (χ4n) is 2.01. The minimum Gasteiger partial charge on any atom is -0.466 e. The van der Waals surface area contributed by atoms with Crippen LogP contribution in [-0.2, 0) is 9.53 Å². The number of carbonyl (C=O) groups is 2. The molecular weight excluding hydrogens is 357 g/mol. The molecule has 0 fully saturated rings. The second kappa shape index (κ2) is 8.91. The molecule has 0 atom stereocenters. The number of hydrogen-bond donors (Lipinski definition) is 2. The average molecular weight is 373 g/mol. The van der Waals surface area contributed by atoms with Gasteiger partial charge in [-0.25, -0.2) is 9.18 Å². The van der Waals surface area contributed by atoms with Gasteiger partial charge in [-0.1, -0.05) is 23.9 Å². The lowest BCUT2D eigenvalue weighted by atomic mass is 10.1. The zero-order valence-electron chi connectivity index (χ0n) is 14.1. The topological polar surface area (TPSA) is 92.1 Å². The molecule has 2 N–H and O–H groups in total. The van der Waals surface area contributed by atoms with Crippen LogP contribution in [0.1, 0.15) is 21.5 Å². The van der Waals surface area contributed by atoms with Gasteiger partial charge in [-0.05, 0) is 36.2 Å². The molecular formula is C18H16FN3O3S. The summed E-state index contributed by atoms with van der Waals surface area (Å²) in [5.74, 6) is -1.61. The summed E-state index contributed by atoms with van der Waals surface area (Å²) in [7, 11) is 1.21. The molecule has 0 saturated heterocycles.